The van der Waals surface area contributed by atoms with Crippen LogP contribution in [0.5, 0.6) is 5.75 Å². The third-order valence-electron chi connectivity index (χ3n) is 3.38. The summed E-state index contributed by atoms with van der Waals surface area (Å²) < 4.78 is 5.61. The van der Waals surface area contributed by atoms with Gasteiger partial charge in [-0.3, -0.25) is 4.79 Å². The number of hydrogen-bond acceptors (Lipinski definition) is 4. The molecule has 5 heteroatoms. The molecule has 1 atom stereocenters. The number of hydrazone groups is 1. The van der Waals surface area contributed by atoms with Crippen molar-refractivity contribution >= 4 is 12.1 Å². The van der Waals surface area contributed by atoms with Crippen LogP contribution in [0.3, 0.4) is 0 Å². The van der Waals surface area contributed by atoms with Crippen LogP contribution in [-0.4, -0.2) is 18.7 Å². The molecule has 2 rings (SSSR count). The maximum Gasteiger partial charge on any atom is 0.261 e. The number of carbonyl (C=O) groups excluding carboxylic acids is 1. The van der Waals surface area contributed by atoms with Gasteiger partial charge in [0.15, 0.2) is 5.92 Å². The summed E-state index contributed by atoms with van der Waals surface area (Å²) in [5.41, 5.74) is 3.88. The van der Waals surface area contributed by atoms with Crippen LogP contribution in [0.4, 0.5) is 0 Å². The van der Waals surface area contributed by atoms with Gasteiger partial charge in [0.1, 0.15) is 5.75 Å². The Labute approximate surface area is 147 Å². The number of benzene rings is 2. The lowest BCUT2D eigenvalue weighted by Gasteiger charge is -2.08. The van der Waals surface area contributed by atoms with Crippen molar-refractivity contribution in [2.75, 3.05) is 6.61 Å². The number of carbonyl (C=O) groups is 1. The average Bonchev–Trinajstić information content (AvgIpc) is 2.62. The minimum Gasteiger partial charge on any atom is -0.493 e. The Morgan fingerprint density at radius 2 is 1.88 bits per heavy atom. The highest BCUT2D eigenvalue weighted by Gasteiger charge is 2.19. The minimum absolute atomic E-state index is 0.457. The summed E-state index contributed by atoms with van der Waals surface area (Å²) in [5.74, 6) is -0.0790. The summed E-state index contributed by atoms with van der Waals surface area (Å²) in [6.07, 6.45) is 1.53. The van der Waals surface area contributed by atoms with Gasteiger partial charge < -0.3 is 4.74 Å². The van der Waals surface area contributed by atoms with Gasteiger partial charge in [-0.05, 0) is 41.3 Å². The molecule has 0 heterocycles. The Hall–Kier alpha value is -3.13. The lowest BCUT2D eigenvalue weighted by molar-refractivity contribution is -0.121. The number of ether oxygens (including phenoxy) is 1. The predicted molar refractivity (Wildman–Crippen MR) is 97.3 cm³/mol. The second-order valence-electron chi connectivity index (χ2n) is 5.98. The average molecular weight is 335 g/mol. The molecule has 5 nitrogen and oxygen atoms in total. The molecule has 2 aromatic rings. The molecule has 2 aromatic carbocycles. The molecule has 0 bridgehead atoms. The van der Waals surface area contributed by atoms with Gasteiger partial charge in [0.05, 0.1) is 18.9 Å². The Balaban J connectivity index is 1.91. The molecule has 0 aliphatic heterocycles. The number of rotatable bonds is 7. The second kappa shape index (κ2) is 9.24. The highest BCUT2D eigenvalue weighted by molar-refractivity contribution is 5.88. The molecule has 0 radical (unpaired) electrons. The van der Waals surface area contributed by atoms with Gasteiger partial charge in [-0.2, -0.15) is 10.4 Å². The SMILES string of the molecule is CC(C)COc1ccc(/C=N\NC(=O)[C@@H](C#N)c2ccccc2)cc1. The van der Waals surface area contributed by atoms with Crippen molar-refractivity contribution in [3.05, 3.63) is 65.7 Å². The lowest BCUT2D eigenvalue weighted by atomic mass is 10.0. The smallest absolute Gasteiger partial charge is 0.261 e. The zero-order chi connectivity index (χ0) is 18.1. The van der Waals surface area contributed by atoms with Crippen molar-refractivity contribution in [3.63, 3.8) is 0 Å². The number of amides is 1. The van der Waals surface area contributed by atoms with Crippen molar-refractivity contribution in [1.29, 1.82) is 5.26 Å². The fraction of sp³-hybridized carbons (Fsp3) is 0.250. The largest absolute Gasteiger partial charge is 0.493 e. The fourth-order valence-electron chi connectivity index (χ4n) is 2.08. The lowest BCUT2D eigenvalue weighted by Crippen LogP contribution is -2.24. The van der Waals surface area contributed by atoms with E-state index in [-0.39, 0.29) is 0 Å². The topological polar surface area (TPSA) is 74.5 Å². The van der Waals surface area contributed by atoms with E-state index in [1.807, 2.05) is 36.4 Å². The standard InChI is InChI=1S/C20H21N3O2/c1-15(2)14-25-18-10-8-16(9-11-18)13-22-23-20(24)19(12-21)17-6-4-3-5-7-17/h3-11,13,15,19H,14H2,1-2H3,(H,23,24)/b22-13-/t19-/m0/s1. The van der Waals surface area contributed by atoms with Crippen LogP contribution in [0.15, 0.2) is 59.7 Å². The molecule has 128 valence electrons. The van der Waals surface area contributed by atoms with E-state index in [2.05, 4.69) is 24.4 Å². The summed E-state index contributed by atoms with van der Waals surface area (Å²) in [5, 5.41) is 13.1. The minimum atomic E-state index is -0.884. The molecule has 0 unspecified atom stereocenters. The molecule has 25 heavy (non-hydrogen) atoms. The summed E-state index contributed by atoms with van der Waals surface area (Å²) in [4.78, 5) is 12.1. The zero-order valence-electron chi connectivity index (χ0n) is 14.3. The molecule has 1 amide bonds. The maximum absolute atomic E-state index is 12.1. The van der Waals surface area contributed by atoms with Crippen molar-refractivity contribution < 1.29 is 9.53 Å². The number of nitrogens with zero attached hydrogens (tertiary/aromatic N) is 2. The highest BCUT2D eigenvalue weighted by Crippen LogP contribution is 2.15. The molecule has 0 aromatic heterocycles. The molecule has 0 aliphatic carbocycles. The van der Waals surface area contributed by atoms with Crippen LogP contribution in [0.25, 0.3) is 0 Å². The van der Waals surface area contributed by atoms with Crippen LogP contribution >= 0.6 is 0 Å². The first-order valence-corrected chi connectivity index (χ1v) is 8.10. The molecule has 0 spiro atoms. The second-order valence-corrected chi connectivity index (χ2v) is 5.98. The molecule has 0 saturated heterocycles. The van der Waals surface area contributed by atoms with Crippen molar-refractivity contribution in [1.82, 2.24) is 5.43 Å². The van der Waals surface area contributed by atoms with E-state index in [0.717, 1.165) is 11.3 Å². The van der Waals surface area contributed by atoms with Crippen molar-refractivity contribution in [2.45, 2.75) is 19.8 Å². The van der Waals surface area contributed by atoms with E-state index < -0.39 is 11.8 Å². The zero-order valence-corrected chi connectivity index (χ0v) is 14.3. The van der Waals surface area contributed by atoms with E-state index in [0.29, 0.717) is 18.1 Å². The number of nitriles is 1. The van der Waals surface area contributed by atoms with Gasteiger partial charge in [-0.25, -0.2) is 5.43 Å². The summed E-state index contributed by atoms with van der Waals surface area (Å²) in [6, 6.07) is 18.3. The first-order valence-electron chi connectivity index (χ1n) is 8.10. The van der Waals surface area contributed by atoms with E-state index in [9.17, 15) is 10.1 Å². The van der Waals surface area contributed by atoms with E-state index in [1.54, 1.807) is 24.3 Å². The van der Waals surface area contributed by atoms with E-state index in [4.69, 9.17) is 4.74 Å². The Morgan fingerprint density at radius 1 is 1.20 bits per heavy atom. The third-order valence-corrected chi connectivity index (χ3v) is 3.38. The van der Waals surface area contributed by atoms with Crippen LogP contribution in [-0.2, 0) is 4.79 Å². The van der Waals surface area contributed by atoms with Crippen LogP contribution in [0.1, 0.15) is 30.9 Å². The highest BCUT2D eigenvalue weighted by atomic mass is 16.5. The Bertz CT molecular complexity index is 747. The van der Waals surface area contributed by atoms with E-state index >= 15 is 0 Å². The van der Waals surface area contributed by atoms with Crippen LogP contribution in [0, 0.1) is 17.2 Å². The fourth-order valence-corrected chi connectivity index (χ4v) is 2.08. The quantitative estimate of drug-likeness (QED) is 0.622. The summed E-state index contributed by atoms with van der Waals surface area (Å²) >= 11 is 0. The number of nitrogens with one attached hydrogen (secondary N) is 1. The Kier molecular flexibility index (Phi) is 6.73. The van der Waals surface area contributed by atoms with Gasteiger partial charge in [-0.1, -0.05) is 44.2 Å². The van der Waals surface area contributed by atoms with Crippen molar-refractivity contribution in [3.8, 4) is 11.8 Å². The first-order chi connectivity index (χ1) is 12.1. The summed E-state index contributed by atoms with van der Waals surface area (Å²) in [7, 11) is 0. The molecule has 0 aliphatic rings. The first kappa shape index (κ1) is 18.2. The van der Waals surface area contributed by atoms with Gasteiger partial charge >= 0.3 is 0 Å². The molecule has 1 N–H and O–H groups in total. The van der Waals surface area contributed by atoms with Crippen molar-refractivity contribution in [2.24, 2.45) is 11.0 Å². The van der Waals surface area contributed by atoms with Crippen LogP contribution < -0.4 is 10.2 Å². The van der Waals surface area contributed by atoms with Gasteiger partial charge in [0, 0.05) is 0 Å². The summed E-state index contributed by atoms with van der Waals surface area (Å²) in [6.45, 7) is 4.85. The van der Waals surface area contributed by atoms with Gasteiger partial charge in [-0.15, -0.1) is 0 Å². The van der Waals surface area contributed by atoms with Gasteiger partial charge in [0.2, 0.25) is 0 Å². The maximum atomic E-state index is 12.1. The molecular formula is C20H21N3O2. The molecular weight excluding hydrogens is 314 g/mol. The predicted octanol–water partition coefficient (Wildman–Crippen LogP) is 3.48. The van der Waals surface area contributed by atoms with E-state index in [1.165, 1.54) is 6.21 Å². The molecule has 0 saturated carbocycles. The van der Waals surface area contributed by atoms with Gasteiger partial charge in [0.25, 0.3) is 5.91 Å². The monoisotopic (exact) mass is 335 g/mol. The number of hydrogen-bond donors (Lipinski definition) is 1. The normalized spacial score (nSPS) is 11.9. The Morgan fingerprint density at radius 3 is 2.48 bits per heavy atom. The van der Waals surface area contributed by atoms with Crippen LogP contribution in [0.2, 0.25) is 0 Å². The molecule has 0 fully saturated rings. The third kappa shape index (κ3) is 5.78.